The highest BCUT2D eigenvalue weighted by Gasteiger charge is 2.13. The topological polar surface area (TPSA) is 77.9 Å². The van der Waals surface area contributed by atoms with E-state index in [4.69, 9.17) is 0 Å². The van der Waals surface area contributed by atoms with Crippen molar-refractivity contribution in [2.24, 2.45) is 9.98 Å². The number of nitrogens with zero attached hydrogens (tertiary/aromatic N) is 2. The van der Waals surface area contributed by atoms with E-state index >= 15 is 0 Å². The van der Waals surface area contributed by atoms with Gasteiger partial charge >= 0.3 is 0 Å². The number of amidine groups is 1. The molecule has 6 nitrogen and oxygen atoms in total. The molecule has 0 aliphatic carbocycles. The van der Waals surface area contributed by atoms with Crippen LogP contribution in [0.15, 0.2) is 131 Å². The normalized spacial score (nSPS) is 14.9. The van der Waals surface area contributed by atoms with Crippen LogP contribution < -0.4 is 16.0 Å². The van der Waals surface area contributed by atoms with Gasteiger partial charge in [0.2, 0.25) is 6.41 Å². The summed E-state index contributed by atoms with van der Waals surface area (Å²) in [7, 11) is 1.90. The summed E-state index contributed by atoms with van der Waals surface area (Å²) >= 11 is 0. The zero-order valence-electron chi connectivity index (χ0n) is 30.7. The number of amides is 1. The van der Waals surface area contributed by atoms with E-state index in [0.717, 1.165) is 61.9 Å². The molecule has 0 radical (unpaired) electrons. The van der Waals surface area contributed by atoms with Crippen molar-refractivity contribution in [1.82, 2.24) is 16.0 Å². The van der Waals surface area contributed by atoms with Crippen LogP contribution in [-0.2, 0) is 37.0 Å². The summed E-state index contributed by atoms with van der Waals surface area (Å²) in [5.74, 6) is 0.480. The molecule has 262 valence electrons. The van der Waals surface area contributed by atoms with Crippen LogP contribution in [0.1, 0.15) is 66.1 Å². The van der Waals surface area contributed by atoms with Crippen molar-refractivity contribution in [2.45, 2.75) is 66.3 Å². The fourth-order valence-corrected chi connectivity index (χ4v) is 6.05. The Labute approximate surface area is 300 Å². The Morgan fingerprint density at radius 3 is 2.54 bits per heavy atom. The molecule has 1 aliphatic heterocycles. The smallest absolute Gasteiger partial charge is 0.212 e. The molecule has 50 heavy (non-hydrogen) atoms. The monoisotopic (exact) mass is 669 g/mol. The van der Waals surface area contributed by atoms with Crippen molar-refractivity contribution in [3.8, 4) is 0 Å². The number of allylic oxidation sites excluding steroid dienone is 8. The number of carbonyl (C=O) groups excluding carboxylic acids is 1. The second kappa shape index (κ2) is 21.9. The molecule has 0 aromatic heterocycles. The zero-order chi connectivity index (χ0) is 36.1. The quantitative estimate of drug-likeness (QED) is 0.0609. The van der Waals surface area contributed by atoms with Crippen molar-refractivity contribution in [3.05, 3.63) is 160 Å². The van der Waals surface area contributed by atoms with Crippen molar-refractivity contribution < 1.29 is 4.79 Å². The minimum Gasteiger partial charge on any atom is -0.316 e. The van der Waals surface area contributed by atoms with Crippen molar-refractivity contribution in [1.29, 1.82) is 0 Å². The molecular weight excluding hydrogens is 615 g/mol. The SMILES string of the molecule is C=C/C=C\C(C1=CC(NC=O)=N/C=C(/CNC)C=C1)=C(\C)Cc1cccc(CCc2cc(C/C=C\N=CC)c(CNCCC)cc2C)c1C=C. The maximum Gasteiger partial charge on any atom is 0.212 e. The lowest BCUT2D eigenvalue weighted by molar-refractivity contribution is -0.108. The van der Waals surface area contributed by atoms with Gasteiger partial charge in [0.25, 0.3) is 0 Å². The summed E-state index contributed by atoms with van der Waals surface area (Å²) in [6.45, 7) is 19.2. The van der Waals surface area contributed by atoms with Crippen LogP contribution in [-0.4, -0.2) is 38.6 Å². The molecule has 3 N–H and O–H groups in total. The lowest BCUT2D eigenvalue weighted by Crippen LogP contribution is -2.20. The van der Waals surface area contributed by atoms with E-state index < -0.39 is 0 Å². The first-order chi connectivity index (χ1) is 24.4. The van der Waals surface area contributed by atoms with Crippen molar-refractivity contribution in [3.63, 3.8) is 0 Å². The number of likely N-dealkylation sites (N-methyl/N-ethyl adjacent to an activating group) is 1. The van der Waals surface area contributed by atoms with Gasteiger partial charge in [-0.3, -0.25) is 9.79 Å². The van der Waals surface area contributed by atoms with E-state index in [2.05, 4.69) is 115 Å². The number of hydrogen-bond donors (Lipinski definition) is 3. The van der Waals surface area contributed by atoms with Crippen LogP contribution in [0, 0.1) is 6.92 Å². The lowest BCUT2D eigenvalue weighted by Gasteiger charge is -2.17. The van der Waals surface area contributed by atoms with Crippen LogP contribution in [0.2, 0.25) is 0 Å². The van der Waals surface area contributed by atoms with Gasteiger partial charge < -0.3 is 16.0 Å². The molecule has 0 spiro atoms. The van der Waals surface area contributed by atoms with E-state index in [1.807, 2.05) is 44.6 Å². The standard InChI is InChI=1S/C44H55N5O/c1-8-12-18-43(40-20-19-35(29-45-7)30-48-44(28-40)49-32-50)34(6)26-39-16-13-15-36(42(39)10-3)21-22-37-27-38(17-14-24-46-11-4)41(25-33(37)5)31-47-23-9-2/h8,10-16,18-20,24-25,27-28,30,32,45,47H,1,3,9,17,21-23,26,29,31H2,2,4-7H3,(H,48,49,50)/b18-12-,24-14-,43-34+,46-11?. The fraction of sp³-hybridized carbons (Fsp3) is 0.295. The minimum absolute atomic E-state index is 0.480. The number of hydrogen-bond acceptors (Lipinski definition) is 5. The molecule has 0 bridgehead atoms. The van der Waals surface area contributed by atoms with E-state index in [0.29, 0.717) is 18.8 Å². The maximum absolute atomic E-state index is 11.4. The molecule has 3 rings (SSSR count). The summed E-state index contributed by atoms with van der Waals surface area (Å²) < 4.78 is 0. The van der Waals surface area contributed by atoms with Gasteiger partial charge in [0.15, 0.2) is 0 Å². The van der Waals surface area contributed by atoms with Crippen LogP contribution in [0.25, 0.3) is 6.08 Å². The Hall–Kier alpha value is -4.91. The molecule has 0 unspecified atom stereocenters. The van der Waals surface area contributed by atoms with Gasteiger partial charge in [-0.25, -0.2) is 4.99 Å². The number of aryl methyl sites for hydroxylation is 3. The third kappa shape index (κ3) is 12.2. The first-order valence-electron chi connectivity index (χ1n) is 17.6. The first-order valence-corrected chi connectivity index (χ1v) is 17.6. The van der Waals surface area contributed by atoms with Gasteiger partial charge in [0.05, 0.1) is 0 Å². The zero-order valence-corrected chi connectivity index (χ0v) is 30.7. The number of aliphatic imine (C=N–C) groups is 2. The minimum atomic E-state index is 0.480. The second-order valence-corrected chi connectivity index (χ2v) is 12.3. The summed E-state index contributed by atoms with van der Waals surface area (Å²) in [6, 6.07) is 11.3. The van der Waals surface area contributed by atoms with E-state index in [1.54, 1.807) is 12.3 Å². The average molecular weight is 670 g/mol. The Morgan fingerprint density at radius 2 is 1.82 bits per heavy atom. The van der Waals surface area contributed by atoms with Crippen LogP contribution in [0.3, 0.4) is 0 Å². The molecule has 1 amide bonds. The average Bonchev–Trinajstić information content (AvgIpc) is 3.10. The van der Waals surface area contributed by atoms with E-state index in [1.165, 1.54) is 44.5 Å². The number of benzene rings is 2. The molecule has 0 saturated carbocycles. The van der Waals surface area contributed by atoms with E-state index in [9.17, 15) is 4.79 Å². The molecular formula is C44H55N5O. The molecule has 0 fully saturated rings. The predicted octanol–water partition coefficient (Wildman–Crippen LogP) is 8.41. The molecule has 1 heterocycles. The highest BCUT2D eigenvalue weighted by Crippen LogP contribution is 2.27. The Morgan fingerprint density at radius 1 is 1.02 bits per heavy atom. The van der Waals surface area contributed by atoms with Gasteiger partial charge in [-0.2, -0.15) is 0 Å². The summed E-state index contributed by atoms with van der Waals surface area (Å²) in [6.07, 6.45) is 26.7. The Balaban J connectivity index is 1.96. The van der Waals surface area contributed by atoms with Gasteiger partial charge in [0, 0.05) is 31.7 Å². The van der Waals surface area contributed by atoms with E-state index in [-0.39, 0.29) is 0 Å². The summed E-state index contributed by atoms with van der Waals surface area (Å²) in [5, 5.41) is 9.50. The summed E-state index contributed by atoms with van der Waals surface area (Å²) in [4.78, 5) is 20.2. The highest BCUT2D eigenvalue weighted by atomic mass is 16.1. The van der Waals surface area contributed by atoms with Gasteiger partial charge in [0.1, 0.15) is 5.84 Å². The second-order valence-electron chi connectivity index (χ2n) is 12.3. The van der Waals surface area contributed by atoms with Gasteiger partial charge in [-0.05, 0) is 128 Å². The third-order valence-electron chi connectivity index (χ3n) is 8.58. The number of carbonyl (C=O) groups is 1. The Kier molecular flexibility index (Phi) is 17.3. The number of rotatable bonds is 19. The molecule has 1 aliphatic rings. The third-order valence-corrected chi connectivity index (χ3v) is 8.58. The Bertz CT molecular complexity index is 1730. The van der Waals surface area contributed by atoms with Gasteiger partial charge in [-0.1, -0.05) is 98.5 Å². The molecule has 6 heteroatoms. The predicted molar refractivity (Wildman–Crippen MR) is 216 cm³/mol. The largest absolute Gasteiger partial charge is 0.316 e. The van der Waals surface area contributed by atoms with Crippen LogP contribution in [0.4, 0.5) is 0 Å². The molecule has 0 atom stereocenters. The van der Waals surface area contributed by atoms with Crippen molar-refractivity contribution >= 4 is 24.5 Å². The fourth-order valence-electron chi connectivity index (χ4n) is 6.05. The highest BCUT2D eigenvalue weighted by molar-refractivity contribution is 6.01. The molecule has 0 saturated heterocycles. The molecule has 2 aromatic rings. The maximum atomic E-state index is 11.4. The number of nitrogens with one attached hydrogen (secondary N) is 3. The van der Waals surface area contributed by atoms with Crippen LogP contribution >= 0.6 is 0 Å². The molecule has 2 aromatic carbocycles. The van der Waals surface area contributed by atoms with Crippen LogP contribution in [0.5, 0.6) is 0 Å². The first kappa shape index (κ1) is 39.5. The van der Waals surface area contributed by atoms with Crippen molar-refractivity contribution in [2.75, 3.05) is 20.1 Å². The van der Waals surface area contributed by atoms with Gasteiger partial charge in [-0.15, -0.1) is 0 Å². The summed E-state index contributed by atoms with van der Waals surface area (Å²) in [5.41, 5.74) is 13.3. The lowest BCUT2D eigenvalue weighted by atomic mass is 9.88.